The fraction of sp³-hybridized carbons (Fsp3) is 0.235. The zero-order valence-electron chi connectivity index (χ0n) is 13.9. The molecule has 1 aliphatic rings. The molecule has 9 heteroatoms. The van der Waals surface area contributed by atoms with Gasteiger partial charge in [0.1, 0.15) is 0 Å². The largest absolute Gasteiger partial charge is 0.323 e. The van der Waals surface area contributed by atoms with Gasteiger partial charge in [0.25, 0.3) is 0 Å². The Hall–Kier alpha value is -1.96. The van der Waals surface area contributed by atoms with Gasteiger partial charge in [0.2, 0.25) is 10.0 Å². The number of aryl methyl sites for hydroxylation is 1. The average Bonchev–Trinajstić information content (AvgIpc) is 2.92. The molecule has 0 unspecified atom stereocenters. The molecule has 0 bridgehead atoms. The predicted octanol–water partition coefficient (Wildman–Crippen LogP) is 4.49. The van der Waals surface area contributed by atoms with Gasteiger partial charge in [-0.05, 0) is 49.2 Å². The maximum Gasteiger partial charge on any atom is 0.323 e. The van der Waals surface area contributed by atoms with Gasteiger partial charge in [-0.15, -0.1) is 0 Å². The lowest BCUT2D eigenvalue weighted by Crippen LogP contribution is -2.25. The zero-order chi connectivity index (χ0) is 18.9. The van der Waals surface area contributed by atoms with Crippen LogP contribution in [0.4, 0.5) is 21.9 Å². The molecule has 0 radical (unpaired) electrons. The predicted molar refractivity (Wildman–Crippen MR) is 106 cm³/mol. The highest BCUT2D eigenvalue weighted by molar-refractivity contribution is 7.93. The summed E-state index contributed by atoms with van der Waals surface area (Å²) in [6.07, 6.45) is 0.594. The van der Waals surface area contributed by atoms with E-state index in [1.165, 1.54) is 4.31 Å². The number of sulfonamides is 1. The maximum atomic E-state index is 12.3. The highest BCUT2D eigenvalue weighted by atomic mass is 35.5. The molecule has 138 valence electrons. The molecule has 1 fully saturated rings. The minimum absolute atomic E-state index is 0.140. The van der Waals surface area contributed by atoms with Gasteiger partial charge in [-0.2, -0.15) is 0 Å². The Morgan fingerprint density at radius 3 is 2.50 bits per heavy atom. The number of nitrogens with one attached hydrogen (secondary N) is 2. The SMILES string of the molecule is Cc1ccc(N2CCCS2(=O)=O)cc1NC(=O)Nc1ccc(Cl)c(Cl)c1. The second kappa shape index (κ2) is 7.34. The van der Waals surface area contributed by atoms with E-state index in [-0.39, 0.29) is 5.75 Å². The van der Waals surface area contributed by atoms with Crippen LogP contribution in [0.2, 0.25) is 10.0 Å². The van der Waals surface area contributed by atoms with Crippen LogP contribution in [0.5, 0.6) is 0 Å². The van der Waals surface area contributed by atoms with Crippen LogP contribution in [-0.2, 0) is 10.0 Å². The van der Waals surface area contributed by atoms with Crippen LogP contribution in [-0.4, -0.2) is 26.7 Å². The Labute approximate surface area is 162 Å². The molecule has 2 N–H and O–H groups in total. The van der Waals surface area contributed by atoms with Gasteiger partial charge >= 0.3 is 6.03 Å². The lowest BCUT2D eigenvalue weighted by atomic mass is 10.2. The summed E-state index contributed by atoms with van der Waals surface area (Å²) in [5.74, 6) is 0.140. The zero-order valence-corrected chi connectivity index (χ0v) is 16.2. The first-order valence-corrected chi connectivity index (χ1v) is 10.3. The third-order valence-electron chi connectivity index (χ3n) is 4.03. The molecular formula is C17H17Cl2N3O3S. The molecular weight excluding hydrogens is 397 g/mol. The molecule has 2 aromatic carbocycles. The van der Waals surface area contributed by atoms with Crippen molar-refractivity contribution in [3.05, 3.63) is 52.0 Å². The van der Waals surface area contributed by atoms with Crippen LogP contribution >= 0.6 is 23.2 Å². The van der Waals surface area contributed by atoms with E-state index in [1.807, 2.05) is 6.92 Å². The quantitative estimate of drug-likeness (QED) is 0.777. The third-order valence-corrected chi connectivity index (χ3v) is 6.64. The van der Waals surface area contributed by atoms with Crippen molar-refractivity contribution in [3.63, 3.8) is 0 Å². The van der Waals surface area contributed by atoms with Crippen molar-refractivity contribution in [3.8, 4) is 0 Å². The Balaban J connectivity index is 1.77. The lowest BCUT2D eigenvalue weighted by molar-refractivity contribution is 0.262. The van der Waals surface area contributed by atoms with Gasteiger partial charge in [-0.1, -0.05) is 29.3 Å². The Bertz CT molecular complexity index is 964. The van der Waals surface area contributed by atoms with Gasteiger partial charge in [0, 0.05) is 17.9 Å². The van der Waals surface area contributed by atoms with Crippen LogP contribution in [0.25, 0.3) is 0 Å². The number of carbonyl (C=O) groups is 1. The number of benzene rings is 2. The van der Waals surface area contributed by atoms with E-state index < -0.39 is 16.1 Å². The molecule has 1 aliphatic heterocycles. The smallest absolute Gasteiger partial charge is 0.308 e. The topological polar surface area (TPSA) is 78.5 Å². The van der Waals surface area contributed by atoms with E-state index in [0.29, 0.717) is 40.1 Å². The first-order valence-electron chi connectivity index (χ1n) is 7.90. The molecule has 3 rings (SSSR count). The number of urea groups is 1. The van der Waals surface area contributed by atoms with Crippen LogP contribution in [0.15, 0.2) is 36.4 Å². The van der Waals surface area contributed by atoms with Crippen molar-refractivity contribution in [1.29, 1.82) is 0 Å². The van der Waals surface area contributed by atoms with E-state index in [1.54, 1.807) is 36.4 Å². The highest BCUT2D eigenvalue weighted by Gasteiger charge is 2.28. The number of hydrogen-bond acceptors (Lipinski definition) is 3. The van der Waals surface area contributed by atoms with Crippen molar-refractivity contribution in [1.82, 2.24) is 0 Å². The maximum absolute atomic E-state index is 12.3. The van der Waals surface area contributed by atoms with E-state index >= 15 is 0 Å². The number of hydrogen-bond donors (Lipinski definition) is 2. The van der Waals surface area contributed by atoms with Crippen molar-refractivity contribution < 1.29 is 13.2 Å². The third kappa shape index (κ3) is 4.06. The second-order valence-electron chi connectivity index (χ2n) is 5.95. The molecule has 2 aromatic rings. The number of carbonyl (C=O) groups excluding carboxylic acids is 1. The summed E-state index contributed by atoms with van der Waals surface area (Å²) >= 11 is 11.8. The highest BCUT2D eigenvalue weighted by Crippen LogP contribution is 2.29. The summed E-state index contributed by atoms with van der Waals surface area (Å²) in [7, 11) is -3.28. The van der Waals surface area contributed by atoms with Crippen LogP contribution in [0, 0.1) is 6.92 Å². The van der Waals surface area contributed by atoms with Gasteiger partial charge in [-0.25, -0.2) is 13.2 Å². The van der Waals surface area contributed by atoms with Crippen molar-refractivity contribution in [2.75, 3.05) is 27.2 Å². The summed E-state index contributed by atoms with van der Waals surface area (Å²) in [4.78, 5) is 12.3. The van der Waals surface area contributed by atoms with E-state index in [2.05, 4.69) is 10.6 Å². The van der Waals surface area contributed by atoms with E-state index in [0.717, 1.165) is 5.56 Å². The first kappa shape index (κ1) is 18.8. The van der Waals surface area contributed by atoms with Crippen molar-refractivity contribution >= 4 is 56.3 Å². The molecule has 0 aromatic heterocycles. The molecule has 2 amide bonds. The van der Waals surface area contributed by atoms with Crippen molar-refractivity contribution in [2.24, 2.45) is 0 Å². The number of nitrogens with zero attached hydrogens (tertiary/aromatic N) is 1. The summed E-state index contributed by atoms with van der Waals surface area (Å²) in [5, 5.41) is 6.13. The summed E-state index contributed by atoms with van der Waals surface area (Å²) in [5.41, 5.74) is 2.38. The molecule has 0 spiro atoms. The average molecular weight is 414 g/mol. The first-order chi connectivity index (χ1) is 12.3. The normalized spacial score (nSPS) is 15.7. The Kier molecular flexibility index (Phi) is 5.32. The van der Waals surface area contributed by atoms with Gasteiger partial charge in [-0.3, -0.25) is 4.31 Å². The molecule has 0 atom stereocenters. The van der Waals surface area contributed by atoms with Gasteiger partial charge in [0.05, 0.1) is 21.5 Å². The van der Waals surface area contributed by atoms with Crippen molar-refractivity contribution in [2.45, 2.75) is 13.3 Å². The molecule has 0 saturated carbocycles. The molecule has 1 heterocycles. The minimum Gasteiger partial charge on any atom is -0.308 e. The number of rotatable bonds is 3. The number of halogens is 2. The second-order valence-corrected chi connectivity index (χ2v) is 8.78. The summed E-state index contributed by atoms with van der Waals surface area (Å²) in [6, 6.07) is 9.47. The van der Waals surface area contributed by atoms with Crippen LogP contribution < -0.4 is 14.9 Å². The van der Waals surface area contributed by atoms with E-state index in [4.69, 9.17) is 23.2 Å². The number of anilines is 3. The van der Waals surface area contributed by atoms with Crippen LogP contribution in [0.3, 0.4) is 0 Å². The summed E-state index contributed by atoms with van der Waals surface area (Å²) < 4.78 is 25.5. The minimum atomic E-state index is -3.28. The molecule has 26 heavy (non-hydrogen) atoms. The van der Waals surface area contributed by atoms with Gasteiger partial charge in [0.15, 0.2) is 0 Å². The number of amides is 2. The molecule has 6 nitrogen and oxygen atoms in total. The fourth-order valence-corrected chi connectivity index (χ4v) is 4.54. The molecule has 0 aliphatic carbocycles. The van der Waals surface area contributed by atoms with Gasteiger partial charge < -0.3 is 10.6 Å². The van der Waals surface area contributed by atoms with E-state index in [9.17, 15) is 13.2 Å². The Morgan fingerprint density at radius 1 is 1.08 bits per heavy atom. The monoisotopic (exact) mass is 413 g/mol. The standard InChI is InChI=1S/C17H17Cl2N3O3S/c1-11-3-5-13(22-7-2-8-26(22,24)25)10-16(11)21-17(23)20-12-4-6-14(18)15(19)9-12/h3-6,9-10H,2,7-8H2,1H3,(H2,20,21,23). The van der Waals surface area contributed by atoms with Crippen LogP contribution in [0.1, 0.15) is 12.0 Å². The molecule has 1 saturated heterocycles. The fourth-order valence-electron chi connectivity index (χ4n) is 2.69. The Morgan fingerprint density at radius 2 is 1.85 bits per heavy atom. The summed E-state index contributed by atoms with van der Waals surface area (Å²) in [6.45, 7) is 2.28. The lowest BCUT2D eigenvalue weighted by Gasteiger charge is -2.19.